The minimum Gasteiger partial charge on any atom is -0.417 e. The summed E-state index contributed by atoms with van der Waals surface area (Å²) in [5.74, 6) is 0.860. The molecular formula is C15H34OSi. The highest BCUT2D eigenvalue weighted by Gasteiger charge is 2.36. The molecule has 0 unspecified atom stereocenters. The lowest BCUT2D eigenvalue weighted by molar-refractivity contribution is 0.277. The quantitative estimate of drug-likeness (QED) is 0.406. The maximum absolute atomic E-state index is 6.16. The standard InChI is InChI=1S/C15H34OSi/c1-14(2)12-10-8-9-11-13-16-17(6,7)15(3,4)5/h14H,8-13H2,1-7H3. The molecule has 0 fully saturated rings. The first-order valence-corrected chi connectivity index (χ1v) is 10.2. The highest BCUT2D eigenvalue weighted by Crippen LogP contribution is 2.36. The van der Waals surface area contributed by atoms with Gasteiger partial charge in [-0.2, -0.15) is 0 Å². The monoisotopic (exact) mass is 258 g/mol. The molecule has 17 heavy (non-hydrogen) atoms. The van der Waals surface area contributed by atoms with Gasteiger partial charge in [-0.25, -0.2) is 0 Å². The van der Waals surface area contributed by atoms with Crippen LogP contribution < -0.4 is 0 Å². The molecule has 0 spiro atoms. The van der Waals surface area contributed by atoms with Crippen LogP contribution in [0.25, 0.3) is 0 Å². The third-order valence-electron chi connectivity index (χ3n) is 3.94. The predicted molar refractivity (Wildman–Crippen MR) is 81.1 cm³/mol. The third-order valence-corrected chi connectivity index (χ3v) is 8.48. The summed E-state index contributed by atoms with van der Waals surface area (Å²) in [5.41, 5.74) is 0. The molecule has 2 heteroatoms. The second-order valence-corrected chi connectivity index (χ2v) is 12.0. The largest absolute Gasteiger partial charge is 0.417 e. The Morgan fingerprint density at radius 2 is 1.47 bits per heavy atom. The average Bonchev–Trinajstić information content (AvgIpc) is 2.13. The molecule has 0 atom stereocenters. The van der Waals surface area contributed by atoms with Crippen LogP contribution in [-0.4, -0.2) is 14.9 Å². The van der Waals surface area contributed by atoms with Gasteiger partial charge in [-0.05, 0) is 30.5 Å². The molecule has 0 aliphatic rings. The van der Waals surface area contributed by atoms with E-state index in [0.717, 1.165) is 12.5 Å². The lowest BCUT2D eigenvalue weighted by Gasteiger charge is -2.36. The minimum absolute atomic E-state index is 0.352. The molecule has 0 bridgehead atoms. The minimum atomic E-state index is -1.49. The van der Waals surface area contributed by atoms with Crippen molar-refractivity contribution in [1.82, 2.24) is 0 Å². The van der Waals surface area contributed by atoms with Crippen LogP contribution in [0, 0.1) is 5.92 Å². The van der Waals surface area contributed by atoms with Crippen molar-refractivity contribution in [3.05, 3.63) is 0 Å². The van der Waals surface area contributed by atoms with Crippen molar-refractivity contribution in [3.63, 3.8) is 0 Å². The van der Waals surface area contributed by atoms with Crippen molar-refractivity contribution in [3.8, 4) is 0 Å². The van der Waals surface area contributed by atoms with E-state index < -0.39 is 8.32 Å². The summed E-state index contributed by atoms with van der Waals surface area (Å²) in [5, 5.41) is 0.352. The van der Waals surface area contributed by atoms with Gasteiger partial charge >= 0.3 is 0 Å². The van der Waals surface area contributed by atoms with E-state index >= 15 is 0 Å². The molecule has 1 nitrogen and oxygen atoms in total. The Morgan fingerprint density at radius 3 is 1.94 bits per heavy atom. The molecular weight excluding hydrogens is 224 g/mol. The summed E-state index contributed by atoms with van der Waals surface area (Å²) < 4.78 is 6.16. The van der Waals surface area contributed by atoms with E-state index in [-0.39, 0.29) is 0 Å². The Balaban J connectivity index is 3.52. The van der Waals surface area contributed by atoms with E-state index in [2.05, 4.69) is 47.7 Å². The van der Waals surface area contributed by atoms with E-state index in [9.17, 15) is 0 Å². The zero-order valence-corrected chi connectivity index (χ0v) is 14.2. The van der Waals surface area contributed by atoms with Crippen LogP contribution in [0.1, 0.15) is 66.7 Å². The first-order valence-electron chi connectivity index (χ1n) is 7.31. The Kier molecular flexibility index (Phi) is 7.66. The molecule has 0 aliphatic heterocycles. The van der Waals surface area contributed by atoms with Crippen molar-refractivity contribution in [1.29, 1.82) is 0 Å². The Labute approximate surface area is 110 Å². The average molecular weight is 259 g/mol. The second kappa shape index (κ2) is 7.58. The lowest BCUT2D eigenvalue weighted by Crippen LogP contribution is -2.40. The highest BCUT2D eigenvalue weighted by molar-refractivity contribution is 6.74. The van der Waals surface area contributed by atoms with Crippen molar-refractivity contribution in [2.24, 2.45) is 5.92 Å². The fraction of sp³-hybridized carbons (Fsp3) is 1.00. The lowest BCUT2D eigenvalue weighted by atomic mass is 10.0. The highest BCUT2D eigenvalue weighted by atomic mass is 28.4. The van der Waals surface area contributed by atoms with Gasteiger partial charge in [0.05, 0.1) is 0 Å². The van der Waals surface area contributed by atoms with Gasteiger partial charge in [0.25, 0.3) is 0 Å². The molecule has 0 saturated heterocycles. The maximum Gasteiger partial charge on any atom is 0.191 e. The zero-order chi connectivity index (χ0) is 13.5. The van der Waals surface area contributed by atoms with Crippen LogP contribution in [0.4, 0.5) is 0 Å². The van der Waals surface area contributed by atoms with Crippen molar-refractivity contribution >= 4 is 8.32 Å². The second-order valence-electron chi connectivity index (χ2n) is 7.21. The molecule has 0 amide bonds. The smallest absolute Gasteiger partial charge is 0.191 e. The fourth-order valence-electron chi connectivity index (χ4n) is 1.55. The van der Waals surface area contributed by atoms with E-state index in [1.807, 2.05) is 0 Å². The van der Waals surface area contributed by atoms with E-state index in [0.29, 0.717) is 5.04 Å². The molecule has 0 aromatic rings. The summed E-state index contributed by atoms with van der Waals surface area (Å²) in [6, 6.07) is 0. The molecule has 0 radical (unpaired) electrons. The van der Waals surface area contributed by atoms with Gasteiger partial charge < -0.3 is 4.43 Å². The summed E-state index contributed by atoms with van der Waals surface area (Å²) in [6.45, 7) is 17.2. The third kappa shape index (κ3) is 7.99. The van der Waals surface area contributed by atoms with Crippen LogP contribution in [0.2, 0.25) is 18.1 Å². The molecule has 104 valence electrons. The predicted octanol–water partition coefficient (Wildman–Crippen LogP) is 5.61. The van der Waals surface area contributed by atoms with Crippen LogP contribution in [0.15, 0.2) is 0 Å². The first kappa shape index (κ1) is 17.2. The van der Waals surface area contributed by atoms with Gasteiger partial charge in [0.15, 0.2) is 8.32 Å². The molecule has 0 heterocycles. The number of hydrogen-bond donors (Lipinski definition) is 0. The topological polar surface area (TPSA) is 9.23 Å². The van der Waals surface area contributed by atoms with Gasteiger partial charge in [0, 0.05) is 6.61 Å². The van der Waals surface area contributed by atoms with Crippen molar-refractivity contribution < 1.29 is 4.43 Å². The van der Waals surface area contributed by atoms with Gasteiger partial charge in [0.1, 0.15) is 0 Å². The van der Waals surface area contributed by atoms with Crippen molar-refractivity contribution in [2.45, 2.75) is 84.9 Å². The van der Waals surface area contributed by atoms with Crippen LogP contribution in [0.5, 0.6) is 0 Å². The fourth-order valence-corrected chi connectivity index (χ4v) is 2.64. The van der Waals surface area contributed by atoms with Crippen LogP contribution in [-0.2, 0) is 4.43 Å². The molecule has 0 aliphatic carbocycles. The van der Waals surface area contributed by atoms with E-state index in [1.165, 1.54) is 32.1 Å². The molecule has 0 rings (SSSR count). The van der Waals surface area contributed by atoms with Crippen LogP contribution >= 0.6 is 0 Å². The zero-order valence-electron chi connectivity index (χ0n) is 13.2. The van der Waals surface area contributed by atoms with E-state index in [1.54, 1.807) is 0 Å². The van der Waals surface area contributed by atoms with Gasteiger partial charge in [-0.3, -0.25) is 0 Å². The van der Waals surface area contributed by atoms with Gasteiger partial charge in [-0.15, -0.1) is 0 Å². The molecule has 0 aromatic heterocycles. The molecule has 0 N–H and O–H groups in total. The Bertz CT molecular complexity index is 192. The van der Waals surface area contributed by atoms with E-state index in [4.69, 9.17) is 4.43 Å². The summed E-state index contributed by atoms with van der Waals surface area (Å²) in [7, 11) is -1.49. The summed E-state index contributed by atoms with van der Waals surface area (Å²) in [6.07, 6.45) is 6.71. The van der Waals surface area contributed by atoms with Gasteiger partial charge in [0.2, 0.25) is 0 Å². The Morgan fingerprint density at radius 1 is 0.941 bits per heavy atom. The molecule has 0 aromatic carbocycles. The number of hydrogen-bond acceptors (Lipinski definition) is 1. The SMILES string of the molecule is CC(C)CCCCCCO[Si](C)(C)C(C)(C)C. The Hall–Kier alpha value is 0.177. The number of rotatable bonds is 8. The maximum atomic E-state index is 6.16. The number of unbranched alkanes of at least 4 members (excludes halogenated alkanes) is 3. The van der Waals surface area contributed by atoms with Crippen molar-refractivity contribution in [2.75, 3.05) is 6.61 Å². The normalized spacial score (nSPS) is 13.4. The van der Waals surface area contributed by atoms with Crippen LogP contribution in [0.3, 0.4) is 0 Å². The molecule has 0 saturated carbocycles. The van der Waals surface area contributed by atoms with Gasteiger partial charge in [-0.1, -0.05) is 60.3 Å². The first-order chi connectivity index (χ1) is 7.67. The summed E-state index contributed by atoms with van der Waals surface area (Å²) in [4.78, 5) is 0. The summed E-state index contributed by atoms with van der Waals surface area (Å²) >= 11 is 0.